The maximum Gasteiger partial charge on any atom is 0.223 e. The number of aliphatic hydroxyl groups excluding tert-OH is 1. The van der Waals surface area contributed by atoms with Gasteiger partial charge in [-0.15, -0.1) is 0 Å². The Labute approximate surface area is 121 Å². The Bertz CT molecular complexity index is 467. The summed E-state index contributed by atoms with van der Waals surface area (Å²) in [5.41, 5.74) is 1.63. The number of amides is 1. The first-order valence-corrected chi connectivity index (χ1v) is 6.92. The summed E-state index contributed by atoms with van der Waals surface area (Å²) in [7, 11) is 0. The molecule has 0 heterocycles. The molecule has 1 unspecified atom stereocenters. The van der Waals surface area contributed by atoms with Crippen molar-refractivity contribution < 1.29 is 14.6 Å². The van der Waals surface area contributed by atoms with E-state index >= 15 is 0 Å². The zero-order chi connectivity index (χ0) is 15.3. The molecule has 0 aliphatic heterocycles. The summed E-state index contributed by atoms with van der Waals surface area (Å²) in [5.74, 6) is 0.689. The van der Waals surface area contributed by atoms with Crippen molar-refractivity contribution in [3.8, 4) is 5.75 Å². The Morgan fingerprint density at radius 3 is 2.65 bits per heavy atom. The SMILES string of the molecule is Cc1cccc(OCCC(=O)NC(C)(C)C(C)O)c1C. The summed E-state index contributed by atoms with van der Waals surface area (Å²) < 4.78 is 5.64. The molecule has 0 aliphatic carbocycles. The minimum absolute atomic E-state index is 0.124. The molecule has 0 spiro atoms. The van der Waals surface area contributed by atoms with Crippen LogP contribution in [-0.4, -0.2) is 29.3 Å². The molecule has 0 saturated heterocycles. The van der Waals surface area contributed by atoms with Crippen LogP contribution in [-0.2, 0) is 4.79 Å². The molecule has 1 aromatic rings. The Morgan fingerprint density at radius 2 is 2.05 bits per heavy atom. The van der Waals surface area contributed by atoms with Gasteiger partial charge < -0.3 is 15.2 Å². The molecule has 0 aromatic heterocycles. The second-order valence-electron chi connectivity index (χ2n) is 5.74. The molecule has 4 nitrogen and oxygen atoms in total. The number of rotatable bonds is 6. The monoisotopic (exact) mass is 279 g/mol. The van der Waals surface area contributed by atoms with E-state index in [2.05, 4.69) is 5.32 Å². The molecule has 1 aromatic carbocycles. The van der Waals surface area contributed by atoms with E-state index in [-0.39, 0.29) is 12.3 Å². The molecule has 20 heavy (non-hydrogen) atoms. The molecule has 0 aliphatic rings. The standard InChI is InChI=1S/C16H25NO3/c1-11-7-6-8-14(12(11)2)20-10-9-15(19)17-16(4,5)13(3)18/h6-8,13,18H,9-10H2,1-5H3,(H,17,19). The molecule has 0 fully saturated rings. The van der Waals surface area contributed by atoms with Crippen molar-refractivity contribution in [3.05, 3.63) is 29.3 Å². The zero-order valence-electron chi connectivity index (χ0n) is 13.0. The lowest BCUT2D eigenvalue weighted by molar-refractivity contribution is -0.124. The van der Waals surface area contributed by atoms with E-state index in [0.29, 0.717) is 6.61 Å². The highest BCUT2D eigenvalue weighted by molar-refractivity contribution is 5.76. The number of benzene rings is 1. The normalized spacial score (nSPS) is 12.9. The van der Waals surface area contributed by atoms with Crippen molar-refractivity contribution in [1.29, 1.82) is 0 Å². The Balaban J connectivity index is 2.45. The number of hydrogen-bond donors (Lipinski definition) is 2. The number of carbonyl (C=O) groups excluding carboxylic acids is 1. The Morgan fingerprint density at radius 1 is 1.40 bits per heavy atom. The molecule has 0 saturated carbocycles. The van der Waals surface area contributed by atoms with E-state index in [1.165, 1.54) is 5.56 Å². The summed E-state index contributed by atoms with van der Waals surface area (Å²) in [5, 5.41) is 12.4. The number of ether oxygens (including phenoxy) is 1. The fourth-order valence-electron chi connectivity index (χ4n) is 1.66. The van der Waals surface area contributed by atoms with E-state index in [1.54, 1.807) is 20.8 Å². The van der Waals surface area contributed by atoms with Gasteiger partial charge in [-0.1, -0.05) is 12.1 Å². The molecule has 0 bridgehead atoms. The van der Waals surface area contributed by atoms with Gasteiger partial charge in [0.2, 0.25) is 5.91 Å². The van der Waals surface area contributed by atoms with Gasteiger partial charge in [0.1, 0.15) is 5.75 Å². The predicted molar refractivity (Wildman–Crippen MR) is 79.9 cm³/mol. The lowest BCUT2D eigenvalue weighted by atomic mass is 9.99. The maximum atomic E-state index is 11.8. The van der Waals surface area contributed by atoms with E-state index < -0.39 is 11.6 Å². The number of aliphatic hydroxyl groups is 1. The largest absolute Gasteiger partial charge is 0.493 e. The molecule has 1 atom stereocenters. The minimum atomic E-state index is -0.629. The Kier molecular flexibility index (Phi) is 5.57. The highest BCUT2D eigenvalue weighted by Crippen LogP contribution is 2.20. The first-order chi connectivity index (χ1) is 9.24. The van der Waals surface area contributed by atoms with Crippen molar-refractivity contribution in [2.24, 2.45) is 0 Å². The predicted octanol–water partition coefficient (Wildman–Crippen LogP) is 2.35. The van der Waals surface area contributed by atoms with Crippen LogP contribution in [0.5, 0.6) is 5.75 Å². The third kappa shape index (κ3) is 4.53. The van der Waals surface area contributed by atoms with Crippen LogP contribution in [0.1, 0.15) is 38.3 Å². The van der Waals surface area contributed by atoms with Crippen molar-refractivity contribution >= 4 is 5.91 Å². The first-order valence-electron chi connectivity index (χ1n) is 6.92. The fraction of sp³-hybridized carbons (Fsp3) is 0.562. The van der Waals surface area contributed by atoms with Crippen LogP contribution in [0.15, 0.2) is 18.2 Å². The second kappa shape index (κ2) is 6.75. The van der Waals surface area contributed by atoms with E-state index in [0.717, 1.165) is 11.3 Å². The quantitative estimate of drug-likeness (QED) is 0.840. The van der Waals surface area contributed by atoms with Crippen LogP contribution in [0.3, 0.4) is 0 Å². The molecule has 0 radical (unpaired) electrons. The lowest BCUT2D eigenvalue weighted by Crippen LogP contribution is -2.51. The number of nitrogens with one attached hydrogen (secondary N) is 1. The van der Waals surface area contributed by atoms with Crippen LogP contribution < -0.4 is 10.1 Å². The van der Waals surface area contributed by atoms with Crippen LogP contribution >= 0.6 is 0 Å². The summed E-state index contributed by atoms with van der Waals surface area (Å²) in [6.07, 6.45) is -0.338. The zero-order valence-corrected chi connectivity index (χ0v) is 13.0. The molecular weight excluding hydrogens is 254 g/mol. The number of hydrogen-bond acceptors (Lipinski definition) is 3. The van der Waals surface area contributed by atoms with Gasteiger partial charge in [-0.2, -0.15) is 0 Å². The topological polar surface area (TPSA) is 58.6 Å². The van der Waals surface area contributed by atoms with Crippen molar-refractivity contribution in [2.75, 3.05) is 6.61 Å². The summed E-state index contributed by atoms with van der Waals surface area (Å²) in [6.45, 7) is 9.60. The van der Waals surface area contributed by atoms with Crippen LogP contribution in [0, 0.1) is 13.8 Å². The molecule has 1 rings (SSSR count). The third-order valence-electron chi connectivity index (χ3n) is 3.65. The van der Waals surface area contributed by atoms with Gasteiger partial charge in [0.05, 0.1) is 24.7 Å². The number of aryl methyl sites for hydroxylation is 1. The van der Waals surface area contributed by atoms with E-state index in [1.807, 2.05) is 32.0 Å². The average Bonchev–Trinajstić information content (AvgIpc) is 2.33. The molecule has 4 heteroatoms. The van der Waals surface area contributed by atoms with Gasteiger partial charge in [-0.3, -0.25) is 4.79 Å². The highest BCUT2D eigenvalue weighted by Gasteiger charge is 2.25. The highest BCUT2D eigenvalue weighted by atomic mass is 16.5. The molecular formula is C16H25NO3. The second-order valence-corrected chi connectivity index (χ2v) is 5.74. The van der Waals surface area contributed by atoms with Gasteiger partial charge >= 0.3 is 0 Å². The minimum Gasteiger partial charge on any atom is -0.493 e. The van der Waals surface area contributed by atoms with Gasteiger partial charge in [-0.25, -0.2) is 0 Å². The average molecular weight is 279 g/mol. The maximum absolute atomic E-state index is 11.8. The fourth-order valence-corrected chi connectivity index (χ4v) is 1.66. The van der Waals surface area contributed by atoms with E-state index in [9.17, 15) is 9.90 Å². The Hall–Kier alpha value is -1.55. The van der Waals surface area contributed by atoms with Crippen LogP contribution in [0.25, 0.3) is 0 Å². The van der Waals surface area contributed by atoms with Crippen LogP contribution in [0.2, 0.25) is 0 Å². The van der Waals surface area contributed by atoms with Crippen LogP contribution in [0.4, 0.5) is 0 Å². The molecule has 1 amide bonds. The van der Waals surface area contributed by atoms with Crippen molar-refractivity contribution in [1.82, 2.24) is 5.32 Å². The van der Waals surface area contributed by atoms with Gasteiger partial charge in [0, 0.05) is 0 Å². The summed E-state index contributed by atoms with van der Waals surface area (Å²) in [6, 6.07) is 5.87. The van der Waals surface area contributed by atoms with Gasteiger partial charge in [-0.05, 0) is 51.8 Å². The molecule has 2 N–H and O–H groups in total. The molecule has 112 valence electrons. The van der Waals surface area contributed by atoms with Gasteiger partial charge in [0.25, 0.3) is 0 Å². The van der Waals surface area contributed by atoms with Gasteiger partial charge in [0.15, 0.2) is 0 Å². The smallest absolute Gasteiger partial charge is 0.223 e. The summed E-state index contributed by atoms with van der Waals surface area (Å²) >= 11 is 0. The summed E-state index contributed by atoms with van der Waals surface area (Å²) in [4.78, 5) is 11.8. The first kappa shape index (κ1) is 16.5. The van der Waals surface area contributed by atoms with Crippen molar-refractivity contribution in [3.63, 3.8) is 0 Å². The lowest BCUT2D eigenvalue weighted by Gasteiger charge is -2.29. The van der Waals surface area contributed by atoms with E-state index in [4.69, 9.17) is 4.74 Å². The number of carbonyl (C=O) groups is 1. The third-order valence-corrected chi connectivity index (χ3v) is 3.65. The van der Waals surface area contributed by atoms with Crippen molar-refractivity contribution in [2.45, 2.75) is 52.7 Å².